The number of halogens is 1. The molecular formula is C21H27ClN4O4. The first-order valence-corrected chi connectivity index (χ1v) is 10.4. The molecule has 0 bridgehead atoms. The minimum absolute atomic E-state index is 0.0589. The van der Waals surface area contributed by atoms with Crippen molar-refractivity contribution in [1.29, 1.82) is 0 Å². The summed E-state index contributed by atoms with van der Waals surface area (Å²) in [6, 6.07) is 10.7. The van der Waals surface area contributed by atoms with E-state index in [1.54, 1.807) is 12.1 Å². The molecule has 3 rings (SSSR count). The minimum atomic E-state index is -1.02. The summed E-state index contributed by atoms with van der Waals surface area (Å²) in [5.41, 5.74) is 1.71. The van der Waals surface area contributed by atoms with Crippen LogP contribution >= 0.6 is 11.6 Å². The van der Waals surface area contributed by atoms with E-state index in [0.717, 1.165) is 37.6 Å². The molecule has 3 heterocycles. The Morgan fingerprint density at radius 1 is 0.867 bits per heavy atom. The normalized spacial score (nSPS) is 17.8. The van der Waals surface area contributed by atoms with Crippen molar-refractivity contribution in [3.63, 3.8) is 0 Å². The monoisotopic (exact) mass is 434 g/mol. The summed E-state index contributed by atoms with van der Waals surface area (Å²) in [6.07, 6.45) is 0. The van der Waals surface area contributed by atoms with Crippen LogP contribution in [-0.4, -0.2) is 83.5 Å². The van der Waals surface area contributed by atoms with Crippen LogP contribution in [0.25, 0.3) is 0 Å². The number of carbonyl (C=O) groups is 1. The molecule has 1 aliphatic heterocycles. The third-order valence-electron chi connectivity index (χ3n) is 4.78. The van der Waals surface area contributed by atoms with Gasteiger partial charge in [0.1, 0.15) is 10.8 Å². The molecule has 0 unspecified atom stereocenters. The average Bonchev–Trinajstić information content (AvgIpc) is 2.71. The van der Waals surface area contributed by atoms with Gasteiger partial charge in [0.25, 0.3) is 0 Å². The summed E-state index contributed by atoms with van der Waals surface area (Å²) in [7, 11) is 0. The highest BCUT2D eigenvalue weighted by Gasteiger charge is 2.13. The number of aromatic carboxylic acids is 1. The van der Waals surface area contributed by atoms with E-state index in [0.29, 0.717) is 44.7 Å². The molecule has 0 aromatic carbocycles. The molecular weight excluding hydrogens is 408 g/mol. The number of ether oxygens (including phenoxy) is 2. The highest BCUT2D eigenvalue weighted by molar-refractivity contribution is 6.29. The Morgan fingerprint density at radius 2 is 1.37 bits per heavy atom. The molecule has 1 N–H and O–H groups in total. The van der Waals surface area contributed by atoms with E-state index in [1.807, 2.05) is 18.2 Å². The third kappa shape index (κ3) is 7.62. The average molecular weight is 435 g/mol. The van der Waals surface area contributed by atoms with E-state index in [4.69, 9.17) is 26.2 Å². The smallest absolute Gasteiger partial charge is 0.354 e. The molecule has 2 aromatic rings. The lowest BCUT2D eigenvalue weighted by Crippen LogP contribution is -2.35. The Morgan fingerprint density at radius 3 is 1.87 bits per heavy atom. The van der Waals surface area contributed by atoms with Crippen LogP contribution in [-0.2, 0) is 22.6 Å². The summed E-state index contributed by atoms with van der Waals surface area (Å²) in [5, 5.41) is 9.62. The summed E-state index contributed by atoms with van der Waals surface area (Å²) >= 11 is 5.99. The van der Waals surface area contributed by atoms with Crippen LogP contribution in [0.15, 0.2) is 36.4 Å². The Kier molecular flexibility index (Phi) is 8.98. The molecule has 1 aliphatic rings. The van der Waals surface area contributed by atoms with Gasteiger partial charge in [0.05, 0.1) is 37.8 Å². The maximum atomic E-state index is 11.1. The maximum absolute atomic E-state index is 11.1. The van der Waals surface area contributed by atoms with Gasteiger partial charge in [0.2, 0.25) is 0 Å². The van der Waals surface area contributed by atoms with Gasteiger partial charge in [-0.25, -0.2) is 14.8 Å². The number of carboxylic acid groups (broad SMARTS) is 1. The Labute approximate surface area is 181 Å². The van der Waals surface area contributed by atoms with E-state index in [2.05, 4.69) is 19.8 Å². The van der Waals surface area contributed by atoms with Crippen molar-refractivity contribution in [2.45, 2.75) is 13.1 Å². The second kappa shape index (κ2) is 11.9. The number of carboxylic acids is 1. The van der Waals surface area contributed by atoms with Crippen LogP contribution in [0.4, 0.5) is 0 Å². The summed E-state index contributed by atoms with van der Waals surface area (Å²) in [4.78, 5) is 24.1. The quantitative estimate of drug-likeness (QED) is 0.716. The standard InChI is InChI=1S/C21H27ClN4O4/c22-20-6-2-4-18(24-20)16-26-9-13-29-11-7-25(8-12-30-14-10-26)15-17-3-1-5-19(23-17)21(27)28/h1-6H,7-16H2,(H,27,28). The second-order valence-electron chi connectivity index (χ2n) is 7.05. The van der Waals surface area contributed by atoms with E-state index in [9.17, 15) is 4.79 Å². The second-order valence-corrected chi connectivity index (χ2v) is 7.44. The van der Waals surface area contributed by atoms with Gasteiger partial charge in [-0.3, -0.25) is 9.80 Å². The van der Waals surface area contributed by atoms with E-state index < -0.39 is 5.97 Å². The van der Waals surface area contributed by atoms with Crippen molar-refractivity contribution in [2.75, 3.05) is 52.6 Å². The summed E-state index contributed by atoms with van der Waals surface area (Å²) < 4.78 is 11.7. The SMILES string of the molecule is O=C(O)c1cccc(CN2CCOCCN(Cc3cccc(Cl)n3)CCOCC2)n1. The molecule has 9 heteroatoms. The van der Waals surface area contributed by atoms with Crippen molar-refractivity contribution < 1.29 is 19.4 Å². The van der Waals surface area contributed by atoms with Crippen molar-refractivity contribution in [2.24, 2.45) is 0 Å². The molecule has 0 spiro atoms. The first-order valence-electron chi connectivity index (χ1n) is 10.0. The highest BCUT2D eigenvalue weighted by Crippen LogP contribution is 2.09. The van der Waals surface area contributed by atoms with Crippen molar-refractivity contribution in [3.05, 3.63) is 58.6 Å². The van der Waals surface area contributed by atoms with Crippen LogP contribution in [0.5, 0.6) is 0 Å². The molecule has 0 aliphatic carbocycles. The number of hydrogen-bond acceptors (Lipinski definition) is 7. The predicted molar refractivity (Wildman–Crippen MR) is 113 cm³/mol. The van der Waals surface area contributed by atoms with Gasteiger partial charge in [-0.15, -0.1) is 0 Å². The van der Waals surface area contributed by atoms with Gasteiger partial charge < -0.3 is 14.6 Å². The molecule has 0 amide bonds. The lowest BCUT2D eigenvalue weighted by molar-refractivity contribution is 0.0336. The van der Waals surface area contributed by atoms with Crippen LogP contribution < -0.4 is 0 Å². The van der Waals surface area contributed by atoms with Gasteiger partial charge in [-0.2, -0.15) is 0 Å². The number of hydrogen-bond donors (Lipinski definition) is 1. The number of rotatable bonds is 5. The molecule has 2 aromatic heterocycles. The Balaban J connectivity index is 1.50. The Bertz CT molecular complexity index is 809. The van der Waals surface area contributed by atoms with Crippen molar-refractivity contribution in [3.8, 4) is 0 Å². The zero-order chi connectivity index (χ0) is 21.2. The van der Waals surface area contributed by atoms with E-state index in [-0.39, 0.29) is 5.69 Å². The number of nitrogens with zero attached hydrogens (tertiary/aromatic N) is 4. The largest absolute Gasteiger partial charge is 0.477 e. The van der Waals surface area contributed by atoms with Gasteiger partial charge in [0.15, 0.2) is 0 Å². The number of aromatic nitrogens is 2. The third-order valence-corrected chi connectivity index (χ3v) is 4.99. The topological polar surface area (TPSA) is 88.0 Å². The molecule has 0 saturated carbocycles. The number of pyridine rings is 2. The fraction of sp³-hybridized carbons (Fsp3) is 0.476. The van der Waals surface area contributed by atoms with Crippen LogP contribution in [0.3, 0.4) is 0 Å². The van der Waals surface area contributed by atoms with E-state index >= 15 is 0 Å². The highest BCUT2D eigenvalue weighted by atomic mass is 35.5. The van der Waals surface area contributed by atoms with Crippen LogP contribution in [0.2, 0.25) is 5.15 Å². The van der Waals surface area contributed by atoms with Gasteiger partial charge in [-0.05, 0) is 24.3 Å². The molecule has 162 valence electrons. The van der Waals surface area contributed by atoms with Gasteiger partial charge >= 0.3 is 5.97 Å². The molecule has 1 fully saturated rings. The maximum Gasteiger partial charge on any atom is 0.354 e. The molecule has 30 heavy (non-hydrogen) atoms. The van der Waals surface area contributed by atoms with Crippen molar-refractivity contribution in [1.82, 2.24) is 19.8 Å². The van der Waals surface area contributed by atoms with Crippen LogP contribution in [0.1, 0.15) is 21.9 Å². The van der Waals surface area contributed by atoms with Crippen LogP contribution in [0, 0.1) is 0 Å². The van der Waals surface area contributed by atoms with Crippen molar-refractivity contribution >= 4 is 17.6 Å². The molecule has 0 radical (unpaired) electrons. The predicted octanol–water partition coefficient (Wildman–Crippen LogP) is 2.18. The fourth-order valence-corrected chi connectivity index (χ4v) is 3.38. The van der Waals surface area contributed by atoms with E-state index in [1.165, 1.54) is 6.07 Å². The fourth-order valence-electron chi connectivity index (χ4n) is 3.20. The molecule has 8 nitrogen and oxygen atoms in total. The summed E-state index contributed by atoms with van der Waals surface area (Å²) in [6.45, 7) is 6.65. The van der Waals surface area contributed by atoms with Gasteiger partial charge in [0, 0.05) is 39.3 Å². The minimum Gasteiger partial charge on any atom is -0.477 e. The lowest BCUT2D eigenvalue weighted by Gasteiger charge is -2.26. The molecule has 0 atom stereocenters. The van der Waals surface area contributed by atoms with Gasteiger partial charge in [-0.1, -0.05) is 23.7 Å². The summed E-state index contributed by atoms with van der Waals surface area (Å²) in [5.74, 6) is -1.02. The zero-order valence-corrected chi connectivity index (χ0v) is 17.6. The first-order chi connectivity index (χ1) is 14.6. The lowest BCUT2D eigenvalue weighted by atomic mass is 10.3. The zero-order valence-electron chi connectivity index (χ0n) is 16.9. The molecule has 1 saturated heterocycles. The first kappa shape index (κ1) is 22.6. The Hall–Kier alpha value is -2.10.